The maximum Gasteiger partial charge on any atom is 0.330 e. The van der Waals surface area contributed by atoms with Gasteiger partial charge in [-0.2, -0.15) is 0 Å². The number of esters is 1. The highest BCUT2D eigenvalue weighted by atomic mass is 16.5. The lowest BCUT2D eigenvalue weighted by atomic mass is 10.2. The van der Waals surface area contributed by atoms with Crippen molar-refractivity contribution in [3.8, 4) is 0 Å². The van der Waals surface area contributed by atoms with Crippen LogP contribution in [0.3, 0.4) is 0 Å². The minimum atomic E-state index is -0.368. The summed E-state index contributed by atoms with van der Waals surface area (Å²) in [6, 6.07) is 6.97. The van der Waals surface area contributed by atoms with E-state index in [1.807, 2.05) is 0 Å². The molecule has 0 saturated carbocycles. The summed E-state index contributed by atoms with van der Waals surface area (Å²) in [5.41, 5.74) is 1.56. The van der Waals surface area contributed by atoms with Gasteiger partial charge < -0.3 is 15.0 Å². The van der Waals surface area contributed by atoms with Gasteiger partial charge >= 0.3 is 12.0 Å². The summed E-state index contributed by atoms with van der Waals surface area (Å²) in [6.45, 7) is 2.12. The van der Waals surface area contributed by atoms with Crippen LogP contribution in [0.15, 0.2) is 30.3 Å². The molecule has 0 unspecified atom stereocenters. The number of amides is 2. The van der Waals surface area contributed by atoms with Crippen LogP contribution in [0.2, 0.25) is 0 Å². The summed E-state index contributed by atoms with van der Waals surface area (Å²) >= 11 is 0. The molecule has 0 spiro atoms. The average molecular weight is 262 g/mol. The van der Waals surface area contributed by atoms with Crippen molar-refractivity contribution in [1.82, 2.24) is 4.90 Å². The van der Waals surface area contributed by atoms with Gasteiger partial charge in [0.1, 0.15) is 0 Å². The maximum absolute atomic E-state index is 11.4. The first kappa shape index (κ1) is 14.8. The fourth-order valence-electron chi connectivity index (χ4n) is 1.27. The van der Waals surface area contributed by atoms with E-state index in [4.69, 9.17) is 4.74 Å². The zero-order valence-corrected chi connectivity index (χ0v) is 11.3. The second kappa shape index (κ2) is 7.20. The predicted molar refractivity (Wildman–Crippen MR) is 74.8 cm³/mol. The fourth-order valence-corrected chi connectivity index (χ4v) is 1.27. The first-order valence-electron chi connectivity index (χ1n) is 5.96. The van der Waals surface area contributed by atoms with Gasteiger partial charge in [0.05, 0.1) is 6.61 Å². The van der Waals surface area contributed by atoms with E-state index in [1.165, 1.54) is 11.0 Å². The van der Waals surface area contributed by atoms with Crippen molar-refractivity contribution < 1.29 is 14.3 Å². The third kappa shape index (κ3) is 5.25. The Hall–Kier alpha value is -2.30. The Bertz CT molecular complexity index is 464. The zero-order chi connectivity index (χ0) is 14.3. The Morgan fingerprint density at radius 1 is 1.26 bits per heavy atom. The lowest BCUT2D eigenvalue weighted by Gasteiger charge is -2.11. The largest absolute Gasteiger partial charge is 0.463 e. The van der Waals surface area contributed by atoms with Gasteiger partial charge in [-0.3, -0.25) is 0 Å². The van der Waals surface area contributed by atoms with Gasteiger partial charge in [0.15, 0.2) is 0 Å². The van der Waals surface area contributed by atoms with E-state index in [1.54, 1.807) is 51.4 Å². The van der Waals surface area contributed by atoms with Crippen LogP contribution in [0.4, 0.5) is 10.5 Å². The third-order valence-electron chi connectivity index (χ3n) is 2.27. The van der Waals surface area contributed by atoms with Crippen LogP contribution in [0.25, 0.3) is 6.08 Å². The Labute approximate surface area is 112 Å². The predicted octanol–water partition coefficient (Wildman–Crippen LogP) is 2.36. The van der Waals surface area contributed by atoms with Crippen molar-refractivity contribution >= 4 is 23.8 Å². The molecule has 0 atom stereocenters. The Morgan fingerprint density at radius 3 is 2.42 bits per heavy atom. The number of rotatable bonds is 4. The standard InChI is InChI=1S/C14H18N2O3/c1-4-19-13(17)10-7-11-5-8-12(9-6-11)15-14(18)16(2)3/h5-10H,4H2,1-3H3,(H,15,18). The Balaban J connectivity index is 2.61. The van der Waals surface area contributed by atoms with Crippen LogP contribution in [0, 0.1) is 0 Å². The second-order valence-electron chi connectivity index (χ2n) is 4.03. The van der Waals surface area contributed by atoms with E-state index in [9.17, 15) is 9.59 Å². The molecular formula is C14H18N2O3. The molecule has 0 aliphatic carbocycles. The van der Waals surface area contributed by atoms with Crippen molar-refractivity contribution in [3.05, 3.63) is 35.9 Å². The third-order valence-corrected chi connectivity index (χ3v) is 2.27. The van der Waals surface area contributed by atoms with Gasteiger partial charge in [-0.15, -0.1) is 0 Å². The number of benzene rings is 1. The van der Waals surface area contributed by atoms with Crippen LogP contribution in [-0.4, -0.2) is 37.6 Å². The van der Waals surface area contributed by atoms with E-state index in [2.05, 4.69) is 5.32 Å². The van der Waals surface area contributed by atoms with Gasteiger partial charge in [0, 0.05) is 25.9 Å². The van der Waals surface area contributed by atoms with Crippen LogP contribution in [-0.2, 0) is 9.53 Å². The molecule has 19 heavy (non-hydrogen) atoms. The smallest absolute Gasteiger partial charge is 0.330 e. The second-order valence-corrected chi connectivity index (χ2v) is 4.03. The number of carbonyl (C=O) groups is 2. The lowest BCUT2D eigenvalue weighted by molar-refractivity contribution is -0.137. The van der Waals surface area contributed by atoms with E-state index < -0.39 is 0 Å². The number of carbonyl (C=O) groups excluding carboxylic acids is 2. The van der Waals surface area contributed by atoms with Gasteiger partial charge in [-0.05, 0) is 30.7 Å². The fraction of sp³-hybridized carbons (Fsp3) is 0.286. The lowest BCUT2D eigenvalue weighted by Crippen LogP contribution is -2.27. The molecule has 0 fully saturated rings. The summed E-state index contributed by atoms with van der Waals surface area (Å²) in [7, 11) is 3.34. The minimum Gasteiger partial charge on any atom is -0.463 e. The average Bonchev–Trinajstić information content (AvgIpc) is 2.38. The summed E-state index contributed by atoms with van der Waals surface area (Å²) < 4.78 is 4.78. The number of urea groups is 1. The maximum atomic E-state index is 11.4. The number of nitrogens with one attached hydrogen (secondary N) is 1. The van der Waals surface area contributed by atoms with E-state index in [0.29, 0.717) is 12.3 Å². The molecule has 1 N–H and O–H groups in total. The number of hydrogen-bond acceptors (Lipinski definition) is 3. The van der Waals surface area contributed by atoms with Gasteiger partial charge in [0.25, 0.3) is 0 Å². The molecule has 5 heteroatoms. The molecule has 0 bridgehead atoms. The molecule has 0 aliphatic heterocycles. The van der Waals surface area contributed by atoms with Gasteiger partial charge in [-0.1, -0.05) is 12.1 Å². The number of anilines is 1. The summed E-state index contributed by atoms with van der Waals surface area (Å²) in [6.07, 6.45) is 3.03. The number of nitrogens with zero attached hydrogens (tertiary/aromatic N) is 1. The van der Waals surface area contributed by atoms with E-state index in [-0.39, 0.29) is 12.0 Å². The minimum absolute atomic E-state index is 0.185. The molecular weight excluding hydrogens is 244 g/mol. The van der Waals surface area contributed by atoms with E-state index in [0.717, 1.165) is 5.56 Å². The monoisotopic (exact) mass is 262 g/mol. The molecule has 1 aromatic carbocycles. The van der Waals surface area contributed by atoms with Crippen LogP contribution < -0.4 is 5.32 Å². The van der Waals surface area contributed by atoms with Crippen molar-refractivity contribution in [2.24, 2.45) is 0 Å². The molecule has 102 valence electrons. The first-order chi connectivity index (χ1) is 9.02. The molecule has 5 nitrogen and oxygen atoms in total. The van der Waals surface area contributed by atoms with Gasteiger partial charge in [0.2, 0.25) is 0 Å². The highest BCUT2D eigenvalue weighted by molar-refractivity contribution is 5.89. The molecule has 0 aliphatic rings. The molecule has 1 rings (SSSR count). The highest BCUT2D eigenvalue weighted by Crippen LogP contribution is 2.11. The first-order valence-corrected chi connectivity index (χ1v) is 5.96. The normalized spacial score (nSPS) is 10.3. The summed E-state index contributed by atoms with van der Waals surface area (Å²) in [5, 5.41) is 2.73. The Kier molecular flexibility index (Phi) is 5.60. The quantitative estimate of drug-likeness (QED) is 0.669. The molecule has 0 heterocycles. The van der Waals surface area contributed by atoms with Gasteiger partial charge in [-0.25, -0.2) is 9.59 Å². The summed E-state index contributed by atoms with van der Waals surface area (Å²) in [4.78, 5) is 24.0. The van der Waals surface area contributed by atoms with Crippen LogP contribution >= 0.6 is 0 Å². The van der Waals surface area contributed by atoms with Crippen molar-refractivity contribution in [2.45, 2.75) is 6.92 Å². The highest BCUT2D eigenvalue weighted by Gasteiger charge is 2.02. The zero-order valence-electron chi connectivity index (χ0n) is 11.3. The van der Waals surface area contributed by atoms with Crippen LogP contribution in [0.1, 0.15) is 12.5 Å². The molecule has 0 saturated heterocycles. The molecule has 0 radical (unpaired) electrons. The van der Waals surface area contributed by atoms with Crippen molar-refractivity contribution in [3.63, 3.8) is 0 Å². The Morgan fingerprint density at radius 2 is 1.89 bits per heavy atom. The molecule has 2 amide bonds. The topological polar surface area (TPSA) is 58.6 Å². The van der Waals surface area contributed by atoms with Crippen LogP contribution in [0.5, 0.6) is 0 Å². The van der Waals surface area contributed by atoms with Crippen molar-refractivity contribution in [2.75, 3.05) is 26.0 Å². The van der Waals surface area contributed by atoms with E-state index >= 15 is 0 Å². The SMILES string of the molecule is CCOC(=O)C=Cc1ccc(NC(=O)N(C)C)cc1. The summed E-state index contributed by atoms with van der Waals surface area (Å²) in [5.74, 6) is -0.368. The van der Waals surface area contributed by atoms with Crippen molar-refractivity contribution in [1.29, 1.82) is 0 Å². The molecule has 1 aromatic rings. The molecule has 0 aromatic heterocycles. The number of ether oxygens (including phenoxy) is 1. The number of hydrogen-bond donors (Lipinski definition) is 1.